The van der Waals surface area contributed by atoms with E-state index in [1.54, 1.807) is 65.1 Å². The normalized spacial score (nSPS) is 17.1. The minimum absolute atomic E-state index is 0.0167. The molecule has 3 aromatic rings. The van der Waals surface area contributed by atoms with Crippen LogP contribution in [0, 0.1) is 11.8 Å². The molecule has 0 saturated carbocycles. The predicted molar refractivity (Wildman–Crippen MR) is 287 cm³/mol. The summed E-state index contributed by atoms with van der Waals surface area (Å²) in [6, 6.07) is 9.95. The lowest BCUT2D eigenvalue weighted by atomic mass is 9.95. The van der Waals surface area contributed by atoms with Crippen LogP contribution in [0.2, 0.25) is 0 Å². The van der Waals surface area contributed by atoms with Crippen LogP contribution in [0.3, 0.4) is 0 Å². The van der Waals surface area contributed by atoms with Crippen LogP contribution in [0.5, 0.6) is 5.75 Å². The van der Waals surface area contributed by atoms with Crippen molar-refractivity contribution < 1.29 is 61.7 Å². The van der Waals surface area contributed by atoms with Gasteiger partial charge in [-0.1, -0.05) is 101 Å². The molecule has 0 spiro atoms. The summed E-state index contributed by atoms with van der Waals surface area (Å²) in [6.45, 7) is 6.73. The minimum atomic E-state index is -4.83. The van der Waals surface area contributed by atoms with E-state index >= 15 is 0 Å². The second-order valence-electron chi connectivity index (χ2n) is 20.2. The Hall–Kier alpha value is -8.16. The first-order chi connectivity index (χ1) is 37.9. The monoisotopic (exact) mass is 1120 g/mol. The maximum Gasteiger partial charge on any atom is 0.442 e. The number of amides is 7. The number of carbonyl (C=O) groups is 8. The SMILES string of the molecule is CC[C@H](C)[C@H](NC(=O)[C@H](Cc1ccc(O)cc1)NC(=O)[C@@H](NC(=O)[C@H](CCCN=C(N)N)NC(=O)CNC)C(C)C)C(=O)N[C@@H](Cc1ccc(C2(C(F)(F)F)N=N2)cc1)C(=O)N1CCC[C@H]1C(=O)N[C@@H](Cc1ccccc1)C(=O)O. The lowest BCUT2D eigenvalue weighted by Crippen LogP contribution is -2.62. The molecule has 3 aromatic carbocycles. The van der Waals surface area contributed by atoms with E-state index in [-0.39, 0.29) is 87.4 Å². The first-order valence-corrected chi connectivity index (χ1v) is 26.3. The highest BCUT2D eigenvalue weighted by atomic mass is 19.4. The maximum absolute atomic E-state index is 14.8. The summed E-state index contributed by atoms with van der Waals surface area (Å²) >= 11 is 0. The molecule has 434 valence electrons. The maximum atomic E-state index is 14.8. The lowest BCUT2D eigenvalue weighted by Gasteiger charge is -2.32. The van der Waals surface area contributed by atoms with E-state index in [1.165, 1.54) is 41.3 Å². The van der Waals surface area contributed by atoms with E-state index in [9.17, 15) is 61.7 Å². The molecule has 5 rings (SSSR count). The minimum Gasteiger partial charge on any atom is -0.508 e. The first-order valence-electron chi connectivity index (χ1n) is 26.3. The number of hydrogen-bond acceptors (Lipinski definition) is 13. The van der Waals surface area contributed by atoms with Crippen LogP contribution >= 0.6 is 0 Å². The van der Waals surface area contributed by atoms with Gasteiger partial charge in [0.25, 0.3) is 0 Å². The Balaban J connectivity index is 1.43. The number of nitrogens with one attached hydrogen (secondary N) is 7. The van der Waals surface area contributed by atoms with Gasteiger partial charge in [0.15, 0.2) is 5.96 Å². The fourth-order valence-electron chi connectivity index (χ4n) is 9.10. The number of benzene rings is 3. The van der Waals surface area contributed by atoms with Gasteiger partial charge in [-0.2, -0.15) is 13.2 Å². The Morgan fingerprint density at radius 3 is 1.84 bits per heavy atom. The Kier molecular flexibility index (Phi) is 22.4. The fourth-order valence-corrected chi connectivity index (χ4v) is 9.10. The number of aromatic hydroxyl groups is 1. The molecule has 26 heteroatoms. The van der Waals surface area contributed by atoms with Crippen molar-refractivity contribution in [3.8, 4) is 5.75 Å². The summed E-state index contributed by atoms with van der Waals surface area (Å²) in [6.07, 6.45) is -4.32. The second kappa shape index (κ2) is 28.6. The number of phenolic OH excluding ortho intramolecular Hbond substituents is 1. The molecular weight excluding hydrogens is 1050 g/mol. The van der Waals surface area contributed by atoms with E-state index in [2.05, 4.69) is 52.4 Å². The molecule has 1 fully saturated rings. The molecule has 8 atom stereocenters. The third-order valence-electron chi connectivity index (χ3n) is 13.8. The van der Waals surface area contributed by atoms with Gasteiger partial charge in [-0.25, -0.2) is 4.79 Å². The number of likely N-dealkylation sites (N-methyl/N-ethyl adjacent to an activating group) is 1. The number of phenols is 1. The van der Waals surface area contributed by atoms with Crippen LogP contribution in [-0.2, 0) is 63.3 Å². The number of carboxylic acid groups (broad SMARTS) is 1. The molecule has 2 aliphatic heterocycles. The molecule has 2 aliphatic rings. The summed E-state index contributed by atoms with van der Waals surface area (Å²) in [7, 11) is 1.54. The van der Waals surface area contributed by atoms with Crippen LogP contribution in [-0.4, -0.2) is 144 Å². The standard InChI is InChI=1S/C54H72F3N13O10/c1-6-31(4)44(67-46(74)38(26-34-18-22-36(71)23-19-34)63-48(76)43(30(2)3)66-45(73)37(62-42(72)29-60-5)14-10-24-61-52(58)59)49(77)64-39(27-33-16-20-35(21-17-33)53(68-69-53)54(55,56)57)50(78)70-25-11-15-41(70)47(75)65-40(51(79)80)28-32-12-8-7-9-13-32/h7-9,12-13,16-23,30-31,37-41,43-44,60,71H,6,10-11,14-15,24-29H2,1-5H3,(H,62,72)(H,63,76)(H,64,77)(H,65,75)(H,66,73)(H,67,74)(H,79,80)(H4,58,59,61)/t31-,37-,38-,39-,40-,41-,43-,44-/m0/s1. The summed E-state index contributed by atoms with van der Waals surface area (Å²) in [4.78, 5) is 117. The number of nitrogens with zero attached hydrogens (tertiary/aromatic N) is 4. The number of aliphatic imine (C=N–C) groups is 1. The van der Waals surface area contributed by atoms with Crippen molar-refractivity contribution >= 4 is 53.3 Å². The van der Waals surface area contributed by atoms with Crippen molar-refractivity contribution in [3.05, 3.63) is 101 Å². The van der Waals surface area contributed by atoms with Gasteiger partial charge in [0.2, 0.25) is 41.4 Å². The molecule has 0 bridgehead atoms. The number of carboxylic acids is 1. The quantitative estimate of drug-likeness (QED) is 0.0268. The zero-order chi connectivity index (χ0) is 58.9. The van der Waals surface area contributed by atoms with Crippen LogP contribution in [0.4, 0.5) is 13.2 Å². The highest BCUT2D eigenvalue weighted by Gasteiger charge is 2.65. The van der Waals surface area contributed by atoms with E-state index < -0.39 is 113 Å². The van der Waals surface area contributed by atoms with E-state index in [0.29, 0.717) is 17.5 Å². The largest absolute Gasteiger partial charge is 0.508 e. The average Bonchev–Trinajstić information content (AvgIpc) is 4.33. The number of alkyl halides is 3. The van der Waals surface area contributed by atoms with Crippen molar-refractivity contribution in [1.82, 2.24) is 42.1 Å². The number of nitrogens with two attached hydrogens (primary N) is 2. The van der Waals surface area contributed by atoms with Gasteiger partial charge in [0, 0.05) is 37.9 Å². The zero-order valence-corrected chi connectivity index (χ0v) is 45.2. The average molecular weight is 1120 g/mol. The van der Waals surface area contributed by atoms with Gasteiger partial charge >= 0.3 is 17.8 Å². The number of guanidine groups is 1. The lowest BCUT2D eigenvalue weighted by molar-refractivity contribution is -0.166. The van der Waals surface area contributed by atoms with Crippen molar-refractivity contribution in [3.63, 3.8) is 0 Å². The van der Waals surface area contributed by atoms with Gasteiger partial charge in [-0.3, -0.25) is 38.6 Å². The van der Waals surface area contributed by atoms with Crippen molar-refractivity contribution in [1.29, 1.82) is 0 Å². The Morgan fingerprint density at radius 1 is 0.725 bits per heavy atom. The molecule has 23 nitrogen and oxygen atoms in total. The van der Waals surface area contributed by atoms with Crippen molar-refractivity contribution in [2.45, 2.75) is 133 Å². The van der Waals surface area contributed by atoms with Crippen LogP contribution in [0.25, 0.3) is 0 Å². The fraction of sp³-hybridized carbons (Fsp3) is 0.500. The molecule has 80 heavy (non-hydrogen) atoms. The van der Waals surface area contributed by atoms with Crippen LogP contribution in [0.15, 0.2) is 94.1 Å². The van der Waals surface area contributed by atoms with Crippen LogP contribution in [0.1, 0.15) is 82.1 Å². The number of rotatable bonds is 29. The van der Waals surface area contributed by atoms with E-state index in [1.807, 2.05) is 0 Å². The number of hydrogen-bond donors (Lipinski definition) is 11. The molecule has 13 N–H and O–H groups in total. The number of aliphatic carboxylic acids is 1. The smallest absolute Gasteiger partial charge is 0.442 e. The molecule has 7 amide bonds. The second-order valence-corrected chi connectivity index (χ2v) is 20.2. The molecule has 0 aromatic heterocycles. The van der Waals surface area contributed by atoms with E-state index in [4.69, 9.17) is 11.5 Å². The number of likely N-dealkylation sites (tertiary alicyclic amines) is 1. The topological polar surface area (TPSA) is 354 Å². The highest BCUT2D eigenvalue weighted by molar-refractivity contribution is 5.98. The summed E-state index contributed by atoms with van der Waals surface area (Å²) < 4.78 is 41.9. The van der Waals surface area contributed by atoms with E-state index in [0.717, 1.165) is 12.1 Å². The Bertz CT molecular complexity index is 2700. The third-order valence-corrected chi connectivity index (χ3v) is 13.8. The predicted octanol–water partition coefficient (Wildman–Crippen LogP) is 1.56. The van der Waals surface area contributed by atoms with Gasteiger partial charge in [0.1, 0.15) is 48.0 Å². The Labute approximate surface area is 461 Å². The van der Waals surface area contributed by atoms with Crippen molar-refractivity contribution in [2.24, 2.45) is 38.5 Å². The van der Waals surface area contributed by atoms with Gasteiger partial charge in [0.05, 0.1) is 6.54 Å². The first kappa shape index (κ1) is 62.7. The molecule has 0 radical (unpaired) electrons. The molecule has 1 saturated heterocycles. The molecule has 0 unspecified atom stereocenters. The molecule has 2 heterocycles. The highest BCUT2D eigenvalue weighted by Crippen LogP contribution is 2.52. The summed E-state index contributed by atoms with van der Waals surface area (Å²) in [5.74, 6) is -8.12. The van der Waals surface area contributed by atoms with Crippen molar-refractivity contribution in [2.75, 3.05) is 26.7 Å². The third kappa shape index (κ3) is 17.4. The summed E-state index contributed by atoms with van der Waals surface area (Å²) in [5, 5.41) is 45.4. The van der Waals surface area contributed by atoms with Gasteiger partial charge in [-0.15, -0.1) is 10.2 Å². The van der Waals surface area contributed by atoms with Gasteiger partial charge < -0.3 is 63.8 Å². The van der Waals surface area contributed by atoms with Crippen LogP contribution < -0.4 is 48.7 Å². The molecular formula is C54H72F3N13O10. The number of halogens is 3. The molecule has 0 aliphatic carbocycles. The van der Waals surface area contributed by atoms with Gasteiger partial charge in [-0.05, 0) is 73.4 Å². The Morgan fingerprint density at radius 2 is 1.27 bits per heavy atom. The zero-order valence-electron chi connectivity index (χ0n) is 45.2. The summed E-state index contributed by atoms with van der Waals surface area (Å²) in [5.41, 5.74) is 9.25. The number of carbonyl (C=O) groups excluding carboxylic acids is 7.